The molecular weight excluding hydrogens is 434 g/mol. The summed E-state index contributed by atoms with van der Waals surface area (Å²) in [6, 6.07) is 17.5. The Balaban J connectivity index is 1.28. The fourth-order valence-corrected chi connectivity index (χ4v) is 2.97. The molecule has 0 spiro atoms. The maximum Gasteiger partial charge on any atom is 0.291 e. The number of nitrogens with one attached hydrogen (secondary N) is 1. The average Bonchev–Trinajstić information content (AvgIpc) is 3.46. The number of anilines is 1. The lowest BCUT2D eigenvalue weighted by Crippen LogP contribution is -2.10. The van der Waals surface area contributed by atoms with Gasteiger partial charge in [-0.2, -0.15) is 5.10 Å². The molecular formula is C23H20ClN3O5. The van der Waals surface area contributed by atoms with Crippen molar-refractivity contribution in [3.05, 3.63) is 89.6 Å². The van der Waals surface area contributed by atoms with E-state index in [0.717, 1.165) is 5.75 Å². The molecule has 164 valence electrons. The lowest BCUT2D eigenvalue weighted by atomic mass is 10.3. The second kappa shape index (κ2) is 9.93. The molecule has 0 saturated heterocycles. The van der Waals surface area contributed by atoms with E-state index in [9.17, 15) is 4.79 Å². The van der Waals surface area contributed by atoms with E-state index < -0.39 is 5.91 Å². The topological polar surface area (TPSA) is 87.8 Å². The SMILES string of the molecule is COc1ccc(OCc2ccc(C(=O)Nc3cnn(COc4cccc(Cl)c4)c3)o2)cc1. The highest BCUT2D eigenvalue weighted by atomic mass is 35.5. The molecule has 2 aromatic carbocycles. The summed E-state index contributed by atoms with van der Waals surface area (Å²) >= 11 is 5.94. The second-order valence-electron chi connectivity index (χ2n) is 6.68. The number of hydrogen-bond acceptors (Lipinski definition) is 6. The first-order valence-electron chi connectivity index (χ1n) is 9.67. The number of carbonyl (C=O) groups is 1. The van der Waals surface area contributed by atoms with Gasteiger partial charge in [0.1, 0.15) is 29.6 Å². The van der Waals surface area contributed by atoms with Gasteiger partial charge in [-0.25, -0.2) is 4.68 Å². The van der Waals surface area contributed by atoms with Crippen LogP contribution in [-0.2, 0) is 13.3 Å². The van der Waals surface area contributed by atoms with Gasteiger partial charge in [-0.15, -0.1) is 0 Å². The molecule has 1 N–H and O–H groups in total. The number of methoxy groups -OCH3 is 1. The lowest BCUT2D eigenvalue weighted by molar-refractivity contribution is 0.0992. The molecule has 2 aromatic heterocycles. The molecule has 0 aliphatic heterocycles. The predicted molar refractivity (Wildman–Crippen MR) is 118 cm³/mol. The van der Waals surface area contributed by atoms with Crippen LogP contribution in [-0.4, -0.2) is 22.8 Å². The number of furan rings is 1. The minimum Gasteiger partial charge on any atom is -0.497 e. The van der Waals surface area contributed by atoms with Crippen LogP contribution in [0.25, 0.3) is 0 Å². The van der Waals surface area contributed by atoms with Gasteiger partial charge in [0.15, 0.2) is 12.5 Å². The van der Waals surface area contributed by atoms with E-state index in [0.29, 0.717) is 28.0 Å². The number of benzene rings is 2. The summed E-state index contributed by atoms with van der Waals surface area (Å²) in [5.41, 5.74) is 0.511. The molecule has 1 amide bonds. The lowest BCUT2D eigenvalue weighted by Gasteiger charge is -2.06. The van der Waals surface area contributed by atoms with Crippen LogP contribution in [0, 0.1) is 0 Å². The monoisotopic (exact) mass is 453 g/mol. The summed E-state index contributed by atoms with van der Waals surface area (Å²) < 4.78 is 23.5. The van der Waals surface area contributed by atoms with Crippen molar-refractivity contribution in [1.82, 2.24) is 9.78 Å². The van der Waals surface area contributed by atoms with Gasteiger partial charge in [0.05, 0.1) is 25.2 Å². The van der Waals surface area contributed by atoms with Gasteiger partial charge in [0.2, 0.25) is 0 Å². The zero-order chi connectivity index (χ0) is 22.3. The Morgan fingerprint density at radius 1 is 1.06 bits per heavy atom. The summed E-state index contributed by atoms with van der Waals surface area (Å²) in [4.78, 5) is 12.5. The van der Waals surface area contributed by atoms with E-state index in [1.807, 2.05) is 0 Å². The molecule has 0 aliphatic carbocycles. The molecule has 0 aliphatic rings. The van der Waals surface area contributed by atoms with Crippen molar-refractivity contribution in [2.45, 2.75) is 13.3 Å². The Bertz CT molecular complexity index is 1190. The fourth-order valence-electron chi connectivity index (χ4n) is 2.79. The highest BCUT2D eigenvalue weighted by molar-refractivity contribution is 6.30. The predicted octanol–water partition coefficient (Wildman–Crippen LogP) is 5.01. The van der Waals surface area contributed by atoms with E-state index in [1.54, 1.807) is 78.7 Å². The Morgan fingerprint density at radius 3 is 2.66 bits per heavy atom. The molecule has 0 fully saturated rings. The third kappa shape index (κ3) is 5.61. The van der Waals surface area contributed by atoms with Crippen LogP contribution in [0.15, 0.2) is 77.5 Å². The quantitative estimate of drug-likeness (QED) is 0.383. The van der Waals surface area contributed by atoms with E-state index >= 15 is 0 Å². The summed E-state index contributed by atoms with van der Waals surface area (Å²) in [7, 11) is 1.60. The molecule has 4 rings (SSSR count). The van der Waals surface area contributed by atoms with Crippen molar-refractivity contribution < 1.29 is 23.4 Å². The normalized spacial score (nSPS) is 10.6. The van der Waals surface area contributed by atoms with Gasteiger partial charge in [-0.05, 0) is 54.6 Å². The van der Waals surface area contributed by atoms with Crippen LogP contribution in [0.1, 0.15) is 16.3 Å². The first kappa shape index (κ1) is 21.3. The molecule has 0 saturated carbocycles. The largest absolute Gasteiger partial charge is 0.497 e. The summed E-state index contributed by atoms with van der Waals surface area (Å²) in [5.74, 6) is 2.33. The second-order valence-corrected chi connectivity index (χ2v) is 7.12. The molecule has 0 unspecified atom stereocenters. The van der Waals surface area contributed by atoms with E-state index in [4.69, 9.17) is 30.2 Å². The van der Waals surface area contributed by atoms with Gasteiger partial charge in [0.25, 0.3) is 5.91 Å². The molecule has 0 bridgehead atoms. The zero-order valence-electron chi connectivity index (χ0n) is 17.2. The standard InChI is InChI=1S/C23H20ClN3O5/c1-29-18-5-7-19(8-6-18)30-14-21-9-10-22(32-21)23(28)26-17-12-25-27(13-17)15-31-20-4-2-3-16(24)11-20/h2-13H,14-15H2,1H3,(H,26,28). The van der Waals surface area contributed by atoms with Crippen molar-refractivity contribution in [2.75, 3.05) is 12.4 Å². The van der Waals surface area contributed by atoms with Crippen LogP contribution >= 0.6 is 11.6 Å². The van der Waals surface area contributed by atoms with Gasteiger partial charge in [0, 0.05) is 5.02 Å². The maximum absolute atomic E-state index is 12.5. The highest BCUT2D eigenvalue weighted by Gasteiger charge is 2.13. The molecule has 2 heterocycles. The van der Waals surface area contributed by atoms with E-state index in [-0.39, 0.29) is 19.1 Å². The Hall–Kier alpha value is -3.91. The average molecular weight is 454 g/mol. The van der Waals surface area contributed by atoms with Gasteiger partial charge in [-0.1, -0.05) is 17.7 Å². The Labute approximate surface area is 189 Å². The van der Waals surface area contributed by atoms with Gasteiger partial charge >= 0.3 is 0 Å². The highest BCUT2D eigenvalue weighted by Crippen LogP contribution is 2.20. The molecule has 32 heavy (non-hydrogen) atoms. The maximum atomic E-state index is 12.5. The fraction of sp³-hybridized carbons (Fsp3) is 0.130. The van der Waals surface area contributed by atoms with Crippen molar-refractivity contribution >= 4 is 23.2 Å². The number of nitrogens with zero attached hydrogens (tertiary/aromatic N) is 2. The van der Waals surface area contributed by atoms with Crippen LogP contribution in [0.4, 0.5) is 5.69 Å². The third-order valence-electron chi connectivity index (χ3n) is 4.38. The van der Waals surface area contributed by atoms with Crippen molar-refractivity contribution in [3.8, 4) is 17.2 Å². The Morgan fingerprint density at radius 2 is 1.88 bits per heavy atom. The number of carbonyl (C=O) groups excluding carboxylic acids is 1. The summed E-state index contributed by atoms with van der Waals surface area (Å²) in [6.45, 7) is 0.363. The van der Waals surface area contributed by atoms with Crippen LogP contribution < -0.4 is 19.5 Å². The first-order valence-corrected chi connectivity index (χ1v) is 10.0. The first-order chi connectivity index (χ1) is 15.6. The number of amides is 1. The number of rotatable bonds is 9. The third-order valence-corrected chi connectivity index (χ3v) is 4.61. The Kier molecular flexibility index (Phi) is 6.62. The number of ether oxygens (including phenoxy) is 3. The number of halogens is 1. The molecule has 0 atom stereocenters. The van der Waals surface area contributed by atoms with E-state index in [1.165, 1.54) is 6.20 Å². The molecule has 4 aromatic rings. The van der Waals surface area contributed by atoms with Crippen molar-refractivity contribution in [3.63, 3.8) is 0 Å². The summed E-state index contributed by atoms with van der Waals surface area (Å²) in [5, 5.41) is 7.49. The number of hydrogen-bond donors (Lipinski definition) is 1. The van der Waals surface area contributed by atoms with Gasteiger partial charge in [-0.3, -0.25) is 4.79 Å². The molecule has 8 nitrogen and oxygen atoms in total. The molecule has 9 heteroatoms. The smallest absolute Gasteiger partial charge is 0.291 e. The minimum absolute atomic E-state index is 0.168. The summed E-state index contributed by atoms with van der Waals surface area (Å²) in [6.07, 6.45) is 3.18. The van der Waals surface area contributed by atoms with Gasteiger partial charge < -0.3 is 23.9 Å². The zero-order valence-corrected chi connectivity index (χ0v) is 17.9. The van der Waals surface area contributed by atoms with Crippen LogP contribution in [0.2, 0.25) is 5.02 Å². The van der Waals surface area contributed by atoms with Crippen LogP contribution in [0.5, 0.6) is 17.2 Å². The van der Waals surface area contributed by atoms with E-state index in [2.05, 4.69) is 10.4 Å². The van der Waals surface area contributed by atoms with Crippen LogP contribution in [0.3, 0.4) is 0 Å². The van der Waals surface area contributed by atoms with Crippen molar-refractivity contribution in [2.24, 2.45) is 0 Å². The van der Waals surface area contributed by atoms with Crippen molar-refractivity contribution in [1.29, 1.82) is 0 Å². The minimum atomic E-state index is -0.393. The molecule has 0 radical (unpaired) electrons. The number of aromatic nitrogens is 2.